The largest absolute Gasteiger partial charge is 0.366 e. The van der Waals surface area contributed by atoms with Gasteiger partial charge in [0.2, 0.25) is 0 Å². The fraction of sp³-hybridized carbons (Fsp3) is 0.409. The Kier molecular flexibility index (Phi) is 7.53. The van der Waals surface area contributed by atoms with E-state index in [0.29, 0.717) is 30.8 Å². The number of aromatic nitrogens is 1. The molecule has 2 amide bonds. The van der Waals surface area contributed by atoms with Gasteiger partial charge in [0.05, 0.1) is 10.5 Å². The average Bonchev–Trinajstić information content (AvgIpc) is 2.79. The maximum Gasteiger partial charge on any atom is 0.293 e. The molecule has 2 heterocycles. The van der Waals surface area contributed by atoms with Crippen LogP contribution >= 0.6 is 0 Å². The van der Waals surface area contributed by atoms with E-state index in [1.54, 1.807) is 24.3 Å². The Balaban J connectivity index is 1.49. The smallest absolute Gasteiger partial charge is 0.293 e. The lowest BCUT2D eigenvalue weighted by atomic mass is 10.1. The summed E-state index contributed by atoms with van der Waals surface area (Å²) < 4.78 is 0. The molecule has 0 bridgehead atoms. The fourth-order valence-corrected chi connectivity index (χ4v) is 3.51. The molecule has 9 heteroatoms. The molecule has 1 aromatic carbocycles. The number of carbonyl (C=O) groups excluding carboxylic acids is 2. The highest BCUT2D eigenvalue weighted by Gasteiger charge is 2.23. The third kappa shape index (κ3) is 6.00. The third-order valence-corrected chi connectivity index (χ3v) is 5.23. The van der Waals surface area contributed by atoms with E-state index in [0.717, 1.165) is 38.0 Å². The van der Waals surface area contributed by atoms with Crippen LogP contribution in [0.2, 0.25) is 0 Å². The number of nitrogens with one attached hydrogen (secondary N) is 2. The maximum absolute atomic E-state index is 12.4. The summed E-state index contributed by atoms with van der Waals surface area (Å²) in [5, 5.41) is 17.1. The van der Waals surface area contributed by atoms with Gasteiger partial charge in [-0.2, -0.15) is 0 Å². The molecule has 0 radical (unpaired) electrons. The van der Waals surface area contributed by atoms with Gasteiger partial charge in [-0.3, -0.25) is 24.7 Å². The van der Waals surface area contributed by atoms with Crippen LogP contribution in [0.5, 0.6) is 0 Å². The number of hydrogen-bond acceptors (Lipinski definition) is 6. The quantitative estimate of drug-likeness (QED) is 0.381. The van der Waals surface area contributed by atoms with Crippen molar-refractivity contribution in [1.82, 2.24) is 15.6 Å². The van der Waals surface area contributed by atoms with E-state index in [1.807, 2.05) is 11.8 Å². The molecule has 164 valence electrons. The zero-order valence-corrected chi connectivity index (χ0v) is 17.6. The van der Waals surface area contributed by atoms with Crippen molar-refractivity contribution in [3.63, 3.8) is 0 Å². The van der Waals surface area contributed by atoms with Crippen molar-refractivity contribution in [3.05, 3.63) is 63.5 Å². The molecule has 2 N–H and O–H groups in total. The van der Waals surface area contributed by atoms with Gasteiger partial charge in [-0.15, -0.1) is 0 Å². The Labute approximate surface area is 181 Å². The molecular weight excluding hydrogens is 398 g/mol. The van der Waals surface area contributed by atoms with Crippen molar-refractivity contribution in [3.8, 4) is 0 Å². The molecule has 1 aliphatic heterocycles. The number of nitro benzene ring substituents is 1. The van der Waals surface area contributed by atoms with Gasteiger partial charge in [0.25, 0.3) is 17.5 Å². The summed E-state index contributed by atoms with van der Waals surface area (Å²) >= 11 is 0. The zero-order chi connectivity index (χ0) is 22.2. The van der Waals surface area contributed by atoms with Crippen LogP contribution in [0.1, 0.15) is 52.1 Å². The first-order chi connectivity index (χ1) is 15.0. The molecule has 0 aliphatic carbocycles. The highest BCUT2D eigenvalue weighted by Crippen LogP contribution is 2.31. The molecule has 1 fully saturated rings. The molecule has 9 nitrogen and oxygen atoms in total. The van der Waals surface area contributed by atoms with Crippen LogP contribution in [0.15, 0.2) is 36.5 Å². The summed E-state index contributed by atoms with van der Waals surface area (Å²) in [5.41, 5.74) is 2.09. The number of pyridine rings is 1. The van der Waals surface area contributed by atoms with Crippen LogP contribution in [0.3, 0.4) is 0 Å². The standard InChI is InChI=1S/C22H27N5O4/c1-16-6-7-18(15-25-16)22(29)24-11-5-10-23-21(28)17-8-9-19(20(14-17)27(30)31)26-12-3-2-4-13-26/h6-9,14-15H,2-5,10-13H2,1H3,(H,23,28)(H,24,29). The Morgan fingerprint density at radius 1 is 1.03 bits per heavy atom. The molecule has 2 aromatic rings. The molecule has 0 saturated carbocycles. The number of rotatable bonds is 8. The van der Waals surface area contributed by atoms with E-state index in [9.17, 15) is 19.7 Å². The monoisotopic (exact) mass is 425 g/mol. The second kappa shape index (κ2) is 10.5. The lowest BCUT2D eigenvalue weighted by molar-refractivity contribution is -0.384. The van der Waals surface area contributed by atoms with E-state index in [1.165, 1.54) is 12.3 Å². The predicted octanol–water partition coefficient (Wildman–Crippen LogP) is 2.84. The molecule has 31 heavy (non-hydrogen) atoms. The normalized spacial score (nSPS) is 13.5. The van der Waals surface area contributed by atoms with Gasteiger partial charge in [0.15, 0.2) is 0 Å². The highest BCUT2D eigenvalue weighted by molar-refractivity contribution is 5.96. The first-order valence-corrected chi connectivity index (χ1v) is 10.5. The molecule has 0 atom stereocenters. The fourth-order valence-electron chi connectivity index (χ4n) is 3.51. The molecule has 1 aliphatic rings. The minimum atomic E-state index is -0.434. The Morgan fingerprint density at radius 2 is 1.68 bits per heavy atom. The summed E-state index contributed by atoms with van der Waals surface area (Å²) in [4.78, 5) is 41.6. The average molecular weight is 425 g/mol. The number of aryl methyl sites for hydroxylation is 1. The summed E-state index contributed by atoms with van der Waals surface area (Å²) in [5.74, 6) is -0.592. The van der Waals surface area contributed by atoms with Crippen LogP contribution in [0.4, 0.5) is 11.4 Å². The topological polar surface area (TPSA) is 117 Å². The van der Waals surface area contributed by atoms with Crippen molar-refractivity contribution in [2.45, 2.75) is 32.6 Å². The van der Waals surface area contributed by atoms with Gasteiger partial charge >= 0.3 is 0 Å². The molecule has 3 rings (SSSR count). The second-order valence-corrected chi connectivity index (χ2v) is 7.56. The van der Waals surface area contributed by atoms with E-state index < -0.39 is 4.92 Å². The summed E-state index contributed by atoms with van der Waals surface area (Å²) in [6.45, 7) is 4.15. The lowest BCUT2D eigenvalue weighted by Crippen LogP contribution is -2.31. The van der Waals surface area contributed by atoms with Crippen LogP contribution in [-0.4, -0.2) is 47.9 Å². The summed E-state index contributed by atoms with van der Waals surface area (Å²) in [6.07, 6.45) is 5.21. The number of hydrogen-bond donors (Lipinski definition) is 2. The molecule has 1 aromatic heterocycles. The summed E-state index contributed by atoms with van der Waals surface area (Å²) in [6, 6.07) is 8.10. The van der Waals surface area contributed by atoms with Gasteiger partial charge in [-0.25, -0.2) is 0 Å². The van der Waals surface area contributed by atoms with Crippen molar-refractivity contribution in [2.24, 2.45) is 0 Å². The number of amides is 2. The molecular formula is C22H27N5O4. The Bertz CT molecular complexity index is 939. The zero-order valence-electron chi connectivity index (χ0n) is 17.6. The van der Waals surface area contributed by atoms with Crippen molar-refractivity contribution >= 4 is 23.2 Å². The molecule has 0 spiro atoms. The number of nitro groups is 1. The highest BCUT2D eigenvalue weighted by atomic mass is 16.6. The van der Waals surface area contributed by atoms with Crippen LogP contribution in [-0.2, 0) is 0 Å². The Morgan fingerprint density at radius 3 is 2.29 bits per heavy atom. The van der Waals surface area contributed by atoms with Crippen LogP contribution in [0.25, 0.3) is 0 Å². The minimum Gasteiger partial charge on any atom is -0.366 e. The van der Waals surface area contributed by atoms with Crippen molar-refractivity contribution < 1.29 is 14.5 Å². The third-order valence-electron chi connectivity index (χ3n) is 5.23. The van der Waals surface area contributed by atoms with E-state index in [2.05, 4.69) is 15.6 Å². The van der Waals surface area contributed by atoms with Gasteiger partial charge in [-0.1, -0.05) is 0 Å². The van der Waals surface area contributed by atoms with Crippen LogP contribution in [0, 0.1) is 17.0 Å². The SMILES string of the molecule is Cc1ccc(C(=O)NCCCNC(=O)c2ccc(N3CCCCC3)c([N+](=O)[O-])c2)cn1. The number of anilines is 1. The Hall–Kier alpha value is -3.49. The minimum absolute atomic E-state index is 0.0477. The van der Waals surface area contributed by atoms with Gasteiger partial charge in [0.1, 0.15) is 5.69 Å². The lowest BCUT2D eigenvalue weighted by Gasteiger charge is -2.28. The second-order valence-electron chi connectivity index (χ2n) is 7.56. The number of carbonyl (C=O) groups is 2. The molecule has 0 unspecified atom stereocenters. The summed E-state index contributed by atoms with van der Waals surface area (Å²) in [7, 11) is 0. The van der Waals surface area contributed by atoms with Gasteiger partial charge in [0, 0.05) is 49.7 Å². The number of piperidine rings is 1. The molecule has 1 saturated heterocycles. The number of nitrogens with zero attached hydrogens (tertiary/aromatic N) is 3. The van der Waals surface area contributed by atoms with Gasteiger partial charge < -0.3 is 15.5 Å². The van der Waals surface area contributed by atoms with Crippen molar-refractivity contribution in [2.75, 3.05) is 31.1 Å². The van der Waals surface area contributed by atoms with E-state index in [4.69, 9.17) is 0 Å². The van der Waals surface area contributed by atoms with Crippen LogP contribution < -0.4 is 15.5 Å². The first kappa shape index (κ1) is 22.2. The van der Waals surface area contributed by atoms with Gasteiger partial charge in [-0.05, 0) is 56.9 Å². The predicted molar refractivity (Wildman–Crippen MR) is 117 cm³/mol. The van der Waals surface area contributed by atoms with Crippen molar-refractivity contribution in [1.29, 1.82) is 0 Å². The van der Waals surface area contributed by atoms with E-state index in [-0.39, 0.29) is 23.1 Å². The van der Waals surface area contributed by atoms with E-state index >= 15 is 0 Å². The maximum atomic E-state index is 12.4. The first-order valence-electron chi connectivity index (χ1n) is 10.5. The number of benzene rings is 1.